The molecule has 0 radical (unpaired) electrons. The van der Waals surface area contributed by atoms with Crippen molar-refractivity contribution < 1.29 is 5.21 Å². The van der Waals surface area contributed by atoms with Crippen molar-refractivity contribution in [3.05, 3.63) is 12.7 Å². The third kappa shape index (κ3) is 5.66. The lowest BCUT2D eigenvalue weighted by Gasteiger charge is -1.89. The number of hydrogen-bond donors (Lipinski definition) is 2. The minimum Gasteiger partial charge on any atom is -0.317 e. The Kier molecular flexibility index (Phi) is 5.39. The van der Waals surface area contributed by atoms with Crippen LogP contribution >= 0.6 is 0 Å². The molecular formula is C5H11NO. The van der Waals surface area contributed by atoms with Crippen molar-refractivity contribution in [3.8, 4) is 0 Å². The molecule has 0 amide bonds. The molecule has 0 unspecified atom stereocenters. The van der Waals surface area contributed by atoms with Gasteiger partial charge in [-0.3, -0.25) is 0 Å². The monoisotopic (exact) mass is 101 g/mol. The smallest absolute Gasteiger partial charge is 0.0210 e. The van der Waals surface area contributed by atoms with Crippen LogP contribution < -0.4 is 5.48 Å². The van der Waals surface area contributed by atoms with E-state index in [0.717, 1.165) is 12.8 Å². The number of hydrogen-bond acceptors (Lipinski definition) is 2. The number of allylic oxidation sites excluding steroid dienone is 1. The van der Waals surface area contributed by atoms with E-state index < -0.39 is 0 Å². The van der Waals surface area contributed by atoms with Crippen LogP contribution in [-0.2, 0) is 0 Å². The summed E-state index contributed by atoms with van der Waals surface area (Å²) in [4.78, 5) is 0. The van der Waals surface area contributed by atoms with Crippen LogP contribution in [0.5, 0.6) is 0 Å². The summed E-state index contributed by atoms with van der Waals surface area (Å²) in [5, 5.41) is 8.01. The highest BCUT2D eigenvalue weighted by Gasteiger charge is 1.76. The minimum absolute atomic E-state index is 0.659. The van der Waals surface area contributed by atoms with Crippen molar-refractivity contribution in [1.82, 2.24) is 5.48 Å². The molecule has 0 atom stereocenters. The van der Waals surface area contributed by atoms with Crippen LogP contribution in [0, 0.1) is 0 Å². The maximum atomic E-state index is 8.01. The number of rotatable bonds is 4. The predicted octanol–water partition coefficient (Wildman–Crippen LogP) is 0.931. The molecule has 0 saturated carbocycles. The van der Waals surface area contributed by atoms with Gasteiger partial charge in [0.2, 0.25) is 0 Å². The normalized spacial score (nSPS) is 8.71. The Balaban J connectivity index is 2.56. The van der Waals surface area contributed by atoms with E-state index in [0.29, 0.717) is 6.54 Å². The van der Waals surface area contributed by atoms with Crippen LogP contribution in [0.3, 0.4) is 0 Å². The van der Waals surface area contributed by atoms with E-state index in [9.17, 15) is 0 Å². The van der Waals surface area contributed by atoms with Gasteiger partial charge in [0.1, 0.15) is 0 Å². The first-order valence-corrected chi connectivity index (χ1v) is 2.39. The van der Waals surface area contributed by atoms with Gasteiger partial charge in [-0.25, -0.2) is 5.48 Å². The molecule has 0 rings (SSSR count). The second-order valence-electron chi connectivity index (χ2n) is 1.34. The van der Waals surface area contributed by atoms with Crippen LogP contribution in [0.25, 0.3) is 0 Å². The molecule has 0 aliphatic rings. The quantitative estimate of drug-likeness (QED) is 0.313. The van der Waals surface area contributed by atoms with Gasteiger partial charge in [-0.15, -0.1) is 6.58 Å². The third-order valence-corrected chi connectivity index (χ3v) is 0.697. The Bertz CT molecular complexity index is 45.3. The van der Waals surface area contributed by atoms with Crippen molar-refractivity contribution in [1.29, 1.82) is 0 Å². The average molecular weight is 101 g/mol. The van der Waals surface area contributed by atoms with Crippen LogP contribution in [0.2, 0.25) is 0 Å². The topological polar surface area (TPSA) is 32.3 Å². The summed E-state index contributed by atoms with van der Waals surface area (Å²) in [5.41, 5.74) is 2.05. The van der Waals surface area contributed by atoms with Gasteiger partial charge in [0.15, 0.2) is 0 Å². The maximum absolute atomic E-state index is 8.01. The highest BCUT2D eigenvalue weighted by molar-refractivity contribution is 4.65. The largest absolute Gasteiger partial charge is 0.317 e. The lowest BCUT2D eigenvalue weighted by molar-refractivity contribution is 0.166. The molecule has 7 heavy (non-hydrogen) atoms. The van der Waals surface area contributed by atoms with Gasteiger partial charge in [-0.2, -0.15) is 0 Å². The molecule has 0 spiro atoms. The lowest BCUT2D eigenvalue weighted by Crippen LogP contribution is -2.07. The van der Waals surface area contributed by atoms with Gasteiger partial charge in [0.05, 0.1) is 0 Å². The zero-order valence-corrected chi connectivity index (χ0v) is 4.35. The first-order valence-electron chi connectivity index (χ1n) is 2.39. The minimum atomic E-state index is 0.659. The van der Waals surface area contributed by atoms with Gasteiger partial charge in [0, 0.05) is 6.54 Å². The van der Waals surface area contributed by atoms with E-state index in [1.807, 2.05) is 6.08 Å². The van der Waals surface area contributed by atoms with Crippen molar-refractivity contribution in [2.24, 2.45) is 0 Å². The molecule has 2 nitrogen and oxygen atoms in total. The fourth-order valence-electron chi connectivity index (χ4n) is 0.325. The molecule has 0 saturated heterocycles. The maximum Gasteiger partial charge on any atom is 0.0210 e. The summed E-state index contributed by atoms with van der Waals surface area (Å²) in [6, 6.07) is 0. The highest BCUT2D eigenvalue weighted by atomic mass is 16.5. The van der Waals surface area contributed by atoms with E-state index in [1.165, 1.54) is 0 Å². The molecule has 0 heterocycles. The molecule has 2 heteroatoms. The van der Waals surface area contributed by atoms with E-state index in [4.69, 9.17) is 5.21 Å². The molecule has 0 aliphatic carbocycles. The van der Waals surface area contributed by atoms with Crippen molar-refractivity contribution in [2.75, 3.05) is 6.54 Å². The van der Waals surface area contributed by atoms with E-state index in [-0.39, 0.29) is 0 Å². The van der Waals surface area contributed by atoms with Crippen LogP contribution in [0.4, 0.5) is 0 Å². The molecule has 2 N–H and O–H groups in total. The van der Waals surface area contributed by atoms with Gasteiger partial charge < -0.3 is 5.21 Å². The molecule has 42 valence electrons. The standard InChI is InChI=1S/C5H11NO/c1-2-3-4-5-6-7/h2,6-7H,1,3-5H2. The van der Waals surface area contributed by atoms with Crippen molar-refractivity contribution >= 4 is 0 Å². The number of hydroxylamine groups is 1. The van der Waals surface area contributed by atoms with E-state index >= 15 is 0 Å². The summed E-state index contributed by atoms with van der Waals surface area (Å²) in [6.07, 6.45) is 3.75. The second kappa shape index (κ2) is 5.66. The fourth-order valence-corrected chi connectivity index (χ4v) is 0.325. The third-order valence-electron chi connectivity index (χ3n) is 0.697. The Morgan fingerprint density at radius 3 is 2.86 bits per heavy atom. The summed E-state index contributed by atoms with van der Waals surface area (Å²) < 4.78 is 0. The predicted molar refractivity (Wildman–Crippen MR) is 29.2 cm³/mol. The van der Waals surface area contributed by atoms with Crippen molar-refractivity contribution in [3.63, 3.8) is 0 Å². The highest BCUT2D eigenvalue weighted by Crippen LogP contribution is 1.83. The van der Waals surface area contributed by atoms with Crippen LogP contribution in [0.15, 0.2) is 12.7 Å². The molecule has 0 aromatic rings. The first kappa shape index (κ1) is 6.66. The molecular weight excluding hydrogens is 90.1 g/mol. The summed E-state index contributed by atoms with van der Waals surface area (Å²) >= 11 is 0. The number of unbranched alkanes of at least 4 members (excludes halogenated alkanes) is 1. The molecule has 0 aromatic carbocycles. The fraction of sp³-hybridized carbons (Fsp3) is 0.600. The van der Waals surface area contributed by atoms with Crippen molar-refractivity contribution in [2.45, 2.75) is 12.8 Å². The lowest BCUT2D eigenvalue weighted by atomic mass is 10.3. The van der Waals surface area contributed by atoms with Crippen LogP contribution in [0.1, 0.15) is 12.8 Å². The van der Waals surface area contributed by atoms with Crippen LogP contribution in [-0.4, -0.2) is 11.8 Å². The molecule has 0 aromatic heterocycles. The number of nitrogens with one attached hydrogen (secondary N) is 1. The van der Waals surface area contributed by atoms with E-state index in [2.05, 4.69) is 12.1 Å². The Hall–Kier alpha value is -0.340. The van der Waals surface area contributed by atoms with E-state index in [1.54, 1.807) is 0 Å². The summed E-state index contributed by atoms with van der Waals surface area (Å²) in [7, 11) is 0. The Morgan fingerprint density at radius 1 is 1.71 bits per heavy atom. The first-order chi connectivity index (χ1) is 3.41. The SMILES string of the molecule is C=CCCCNO. The molecule has 0 bridgehead atoms. The van der Waals surface area contributed by atoms with Gasteiger partial charge >= 0.3 is 0 Å². The van der Waals surface area contributed by atoms with Gasteiger partial charge in [0.25, 0.3) is 0 Å². The molecule has 0 fully saturated rings. The zero-order valence-electron chi connectivity index (χ0n) is 4.35. The zero-order chi connectivity index (χ0) is 5.54. The summed E-state index contributed by atoms with van der Waals surface area (Å²) in [6.45, 7) is 4.18. The average Bonchev–Trinajstić information content (AvgIpc) is 1.69. The molecule has 0 aliphatic heterocycles. The Labute approximate surface area is 43.8 Å². The summed E-state index contributed by atoms with van der Waals surface area (Å²) in [5.74, 6) is 0. The second-order valence-corrected chi connectivity index (χ2v) is 1.34. The Morgan fingerprint density at radius 2 is 2.43 bits per heavy atom. The van der Waals surface area contributed by atoms with Gasteiger partial charge in [-0.05, 0) is 12.8 Å². The van der Waals surface area contributed by atoms with Gasteiger partial charge in [-0.1, -0.05) is 6.08 Å².